The van der Waals surface area contributed by atoms with Gasteiger partial charge in [-0.2, -0.15) is 0 Å². The second-order valence-corrected chi connectivity index (χ2v) is 5.02. The Morgan fingerprint density at radius 3 is 2.74 bits per heavy atom. The number of fused-ring (bicyclic) bond motifs is 1. The van der Waals surface area contributed by atoms with Crippen LogP contribution in [0.5, 0.6) is 0 Å². The first kappa shape index (κ1) is 12.1. The van der Waals surface area contributed by atoms with Gasteiger partial charge in [0.05, 0.1) is 5.52 Å². The number of benzene rings is 2. The van der Waals surface area contributed by atoms with Crippen molar-refractivity contribution in [2.75, 3.05) is 5.73 Å². The standard InChI is InChI=1S/C13H8BrF2N3/c14-6-1-2-10(17)8(3-6)13-18-11-5-7(15)4-9(16)12(11)19-13/h1-5H,17H2,(H,18,19). The molecule has 3 aromatic rings. The van der Waals surface area contributed by atoms with Gasteiger partial charge in [-0.15, -0.1) is 0 Å². The first-order valence-electron chi connectivity index (χ1n) is 5.45. The van der Waals surface area contributed by atoms with Gasteiger partial charge in [-0.25, -0.2) is 13.8 Å². The number of hydrogen-bond donors (Lipinski definition) is 2. The van der Waals surface area contributed by atoms with Crippen LogP contribution in [0.15, 0.2) is 34.8 Å². The topological polar surface area (TPSA) is 54.7 Å². The van der Waals surface area contributed by atoms with E-state index in [2.05, 4.69) is 25.9 Å². The van der Waals surface area contributed by atoms with E-state index in [4.69, 9.17) is 5.73 Å². The molecule has 0 atom stereocenters. The van der Waals surface area contributed by atoms with Crippen LogP contribution in [0.25, 0.3) is 22.4 Å². The van der Waals surface area contributed by atoms with Crippen LogP contribution < -0.4 is 5.73 Å². The Kier molecular flexibility index (Phi) is 2.74. The summed E-state index contributed by atoms with van der Waals surface area (Å²) in [6.07, 6.45) is 0. The molecule has 3 rings (SSSR count). The van der Waals surface area contributed by atoms with Crippen molar-refractivity contribution in [1.82, 2.24) is 9.97 Å². The van der Waals surface area contributed by atoms with Crippen molar-refractivity contribution < 1.29 is 8.78 Å². The van der Waals surface area contributed by atoms with Crippen LogP contribution in [0, 0.1) is 11.6 Å². The molecule has 0 aliphatic rings. The molecule has 0 amide bonds. The number of H-pyrrole nitrogens is 1. The molecule has 0 spiro atoms. The van der Waals surface area contributed by atoms with E-state index in [1.807, 2.05) is 0 Å². The summed E-state index contributed by atoms with van der Waals surface area (Å²) < 4.78 is 27.5. The Balaban J connectivity index is 2.26. The van der Waals surface area contributed by atoms with Crippen molar-refractivity contribution in [3.63, 3.8) is 0 Å². The summed E-state index contributed by atoms with van der Waals surface area (Å²) in [4.78, 5) is 7.00. The zero-order valence-corrected chi connectivity index (χ0v) is 11.1. The van der Waals surface area contributed by atoms with Crippen molar-refractivity contribution in [2.24, 2.45) is 0 Å². The van der Waals surface area contributed by atoms with E-state index in [9.17, 15) is 8.78 Å². The number of aromatic amines is 1. The van der Waals surface area contributed by atoms with E-state index in [1.54, 1.807) is 18.2 Å². The van der Waals surface area contributed by atoms with E-state index in [0.717, 1.165) is 10.5 Å². The molecular formula is C13H8BrF2N3. The van der Waals surface area contributed by atoms with Gasteiger partial charge in [0.15, 0.2) is 5.82 Å². The third-order valence-corrected chi connectivity index (χ3v) is 3.27. The minimum Gasteiger partial charge on any atom is -0.398 e. The highest BCUT2D eigenvalue weighted by molar-refractivity contribution is 9.10. The van der Waals surface area contributed by atoms with Crippen LogP contribution in [-0.4, -0.2) is 9.97 Å². The average Bonchev–Trinajstić information content (AvgIpc) is 2.76. The van der Waals surface area contributed by atoms with E-state index in [1.165, 1.54) is 6.07 Å². The van der Waals surface area contributed by atoms with E-state index >= 15 is 0 Å². The summed E-state index contributed by atoms with van der Waals surface area (Å²) in [5, 5.41) is 0. The molecule has 1 heterocycles. The molecule has 0 aliphatic heterocycles. The van der Waals surface area contributed by atoms with Gasteiger partial charge in [-0.05, 0) is 24.3 Å². The molecule has 0 aliphatic carbocycles. The Morgan fingerprint density at radius 1 is 1.16 bits per heavy atom. The average molecular weight is 324 g/mol. The number of nitrogens with zero attached hydrogens (tertiary/aromatic N) is 1. The second-order valence-electron chi connectivity index (χ2n) is 4.10. The molecule has 3 N–H and O–H groups in total. The quantitative estimate of drug-likeness (QED) is 0.668. The Hall–Kier alpha value is -1.95. The number of nitrogens with two attached hydrogens (primary N) is 1. The molecule has 0 saturated carbocycles. The van der Waals surface area contributed by atoms with E-state index < -0.39 is 11.6 Å². The van der Waals surface area contributed by atoms with Crippen LogP contribution in [0.3, 0.4) is 0 Å². The summed E-state index contributed by atoms with van der Waals surface area (Å²) in [5.74, 6) is -0.952. The Bertz CT molecular complexity index is 783. The summed E-state index contributed by atoms with van der Waals surface area (Å²) in [6.45, 7) is 0. The zero-order chi connectivity index (χ0) is 13.6. The lowest BCUT2D eigenvalue weighted by Crippen LogP contribution is -1.91. The number of aromatic nitrogens is 2. The van der Waals surface area contributed by atoms with Crippen molar-refractivity contribution in [3.8, 4) is 11.4 Å². The number of halogens is 3. The lowest BCUT2D eigenvalue weighted by atomic mass is 10.2. The molecule has 19 heavy (non-hydrogen) atoms. The molecule has 0 saturated heterocycles. The number of anilines is 1. The summed E-state index contributed by atoms with van der Waals surface area (Å²) in [5.41, 5.74) is 7.39. The predicted molar refractivity (Wildman–Crippen MR) is 73.6 cm³/mol. The fourth-order valence-electron chi connectivity index (χ4n) is 1.90. The summed E-state index contributed by atoms with van der Waals surface area (Å²) in [6, 6.07) is 7.27. The lowest BCUT2D eigenvalue weighted by molar-refractivity contribution is 0.591. The van der Waals surface area contributed by atoms with Gasteiger partial charge in [-0.3, -0.25) is 0 Å². The van der Waals surface area contributed by atoms with Crippen molar-refractivity contribution in [1.29, 1.82) is 0 Å². The van der Waals surface area contributed by atoms with Gasteiger partial charge in [0.2, 0.25) is 0 Å². The lowest BCUT2D eigenvalue weighted by Gasteiger charge is -2.02. The van der Waals surface area contributed by atoms with Crippen LogP contribution >= 0.6 is 15.9 Å². The first-order chi connectivity index (χ1) is 9.04. The summed E-state index contributed by atoms with van der Waals surface area (Å²) >= 11 is 3.33. The number of nitrogens with one attached hydrogen (secondary N) is 1. The Labute approximate surface area is 115 Å². The normalized spacial score (nSPS) is 11.1. The van der Waals surface area contributed by atoms with Gasteiger partial charge in [0.25, 0.3) is 0 Å². The van der Waals surface area contributed by atoms with Crippen molar-refractivity contribution >= 4 is 32.7 Å². The fourth-order valence-corrected chi connectivity index (χ4v) is 2.26. The Morgan fingerprint density at radius 2 is 1.95 bits per heavy atom. The number of nitrogen functional groups attached to an aromatic ring is 1. The minimum atomic E-state index is -0.703. The molecule has 2 aromatic carbocycles. The number of rotatable bonds is 1. The van der Waals surface area contributed by atoms with Gasteiger partial charge < -0.3 is 10.7 Å². The third-order valence-electron chi connectivity index (χ3n) is 2.78. The van der Waals surface area contributed by atoms with Gasteiger partial charge >= 0.3 is 0 Å². The summed E-state index contributed by atoms with van der Waals surface area (Å²) in [7, 11) is 0. The van der Waals surface area contributed by atoms with Crippen LogP contribution in [0.1, 0.15) is 0 Å². The third kappa shape index (κ3) is 2.08. The first-order valence-corrected chi connectivity index (χ1v) is 6.24. The molecule has 0 unspecified atom stereocenters. The van der Waals surface area contributed by atoms with Gasteiger partial charge in [0.1, 0.15) is 17.2 Å². The second kappa shape index (κ2) is 4.31. The number of imidazole rings is 1. The van der Waals surface area contributed by atoms with Crippen molar-refractivity contribution in [3.05, 3.63) is 46.4 Å². The van der Waals surface area contributed by atoms with Gasteiger partial charge in [0, 0.05) is 21.8 Å². The zero-order valence-electron chi connectivity index (χ0n) is 9.55. The molecule has 3 nitrogen and oxygen atoms in total. The molecule has 0 fully saturated rings. The predicted octanol–water partition coefficient (Wildman–Crippen LogP) is 3.85. The van der Waals surface area contributed by atoms with Crippen LogP contribution in [0.4, 0.5) is 14.5 Å². The molecule has 0 radical (unpaired) electrons. The van der Waals surface area contributed by atoms with Gasteiger partial charge in [-0.1, -0.05) is 15.9 Å². The molecule has 0 bridgehead atoms. The monoisotopic (exact) mass is 323 g/mol. The maximum atomic E-state index is 13.6. The molecule has 96 valence electrons. The van der Waals surface area contributed by atoms with Crippen LogP contribution in [-0.2, 0) is 0 Å². The maximum Gasteiger partial charge on any atom is 0.153 e. The number of hydrogen-bond acceptors (Lipinski definition) is 2. The van der Waals surface area contributed by atoms with Crippen LogP contribution in [0.2, 0.25) is 0 Å². The van der Waals surface area contributed by atoms with E-state index in [0.29, 0.717) is 22.6 Å². The maximum absolute atomic E-state index is 13.6. The highest BCUT2D eigenvalue weighted by atomic mass is 79.9. The van der Waals surface area contributed by atoms with E-state index in [-0.39, 0.29) is 5.52 Å². The highest BCUT2D eigenvalue weighted by Gasteiger charge is 2.13. The smallest absolute Gasteiger partial charge is 0.153 e. The molecule has 1 aromatic heterocycles. The molecular weight excluding hydrogens is 316 g/mol. The SMILES string of the molecule is Nc1ccc(Br)cc1-c1nc2c(F)cc(F)cc2[nH]1. The largest absolute Gasteiger partial charge is 0.398 e. The fraction of sp³-hybridized carbons (Fsp3) is 0. The minimum absolute atomic E-state index is 0.0933. The van der Waals surface area contributed by atoms with Crippen molar-refractivity contribution in [2.45, 2.75) is 0 Å². The highest BCUT2D eigenvalue weighted by Crippen LogP contribution is 2.29. The molecule has 6 heteroatoms.